The zero-order chi connectivity index (χ0) is 21.9. The van der Waals surface area contributed by atoms with Gasteiger partial charge in [0.2, 0.25) is 5.91 Å². The van der Waals surface area contributed by atoms with Gasteiger partial charge in [-0.25, -0.2) is 9.59 Å². The summed E-state index contributed by atoms with van der Waals surface area (Å²) in [4.78, 5) is 34.3. The molecule has 7 nitrogen and oxygen atoms in total. The number of carbonyl (C=O) groups is 3. The van der Waals surface area contributed by atoms with E-state index in [1.165, 1.54) is 6.92 Å². The molecule has 0 aliphatic heterocycles. The molecule has 158 valence electrons. The normalized spacial score (nSPS) is 13.7. The molecule has 1 aliphatic rings. The van der Waals surface area contributed by atoms with Crippen LogP contribution in [0.25, 0.3) is 11.1 Å². The van der Waals surface area contributed by atoms with Crippen molar-refractivity contribution >= 4 is 18.0 Å². The van der Waals surface area contributed by atoms with Gasteiger partial charge in [-0.2, -0.15) is 8.78 Å². The van der Waals surface area contributed by atoms with E-state index in [-0.39, 0.29) is 12.5 Å². The SMILES string of the molecule is CC(NC(=O)OCC1c2ccccc2-c2ccccc21)C(=O)NCC(F)(F)C(=O)O. The van der Waals surface area contributed by atoms with Crippen LogP contribution in [0.2, 0.25) is 0 Å². The van der Waals surface area contributed by atoms with Crippen LogP contribution in [0.1, 0.15) is 24.0 Å². The van der Waals surface area contributed by atoms with Gasteiger partial charge < -0.3 is 20.5 Å². The van der Waals surface area contributed by atoms with Crippen LogP contribution in [0, 0.1) is 0 Å². The van der Waals surface area contributed by atoms with Crippen molar-refractivity contribution in [1.29, 1.82) is 0 Å². The van der Waals surface area contributed by atoms with Crippen molar-refractivity contribution in [1.82, 2.24) is 10.6 Å². The molecule has 0 heterocycles. The van der Waals surface area contributed by atoms with Gasteiger partial charge in [-0.05, 0) is 29.2 Å². The first-order chi connectivity index (χ1) is 14.2. The third kappa shape index (κ3) is 4.40. The minimum atomic E-state index is -4.10. The number of halogens is 2. The number of fused-ring (bicyclic) bond motifs is 3. The number of rotatable bonds is 7. The molecule has 30 heavy (non-hydrogen) atoms. The number of hydrogen-bond donors (Lipinski definition) is 3. The average molecular weight is 418 g/mol. The molecular weight excluding hydrogens is 398 g/mol. The van der Waals surface area contributed by atoms with Crippen LogP contribution in [0.3, 0.4) is 0 Å². The summed E-state index contributed by atoms with van der Waals surface area (Å²) in [5, 5.41) is 12.4. The highest BCUT2D eigenvalue weighted by atomic mass is 19.3. The van der Waals surface area contributed by atoms with E-state index in [0.29, 0.717) is 0 Å². The molecule has 0 saturated carbocycles. The van der Waals surface area contributed by atoms with Crippen molar-refractivity contribution in [2.45, 2.75) is 24.8 Å². The number of aliphatic carboxylic acids is 1. The number of alkyl carbamates (subject to hydrolysis) is 1. The minimum Gasteiger partial charge on any atom is -0.477 e. The number of benzene rings is 2. The Labute approximate surface area is 171 Å². The Morgan fingerprint density at radius 1 is 1.07 bits per heavy atom. The second kappa shape index (κ2) is 8.48. The number of carbonyl (C=O) groups excluding carboxylic acids is 2. The molecule has 3 N–H and O–H groups in total. The lowest BCUT2D eigenvalue weighted by Gasteiger charge is -2.18. The Morgan fingerprint density at radius 3 is 2.13 bits per heavy atom. The maximum atomic E-state index is 13.0. The lowest BCUT2D eigenvalue weighted by molar-refractivity contribution is -0.164. The van der Waals surface area contributed by atoms with Crippen molar-refractivity contribution in [2.75, 3.05) is 13.2 Å². The number of carboxylic acids is 1. The van der Waals surface area contributed by atoms with E-state index >= 15 is 0 Å². The van der Waals surface area contributed by atoms with Gasteiger partial charge in [0.25, 0.3) is 0 Å². The summed E-state index contributed by atoms with van der Waals surface area (Å²) in [7, 11) is 0. The van der Waals surface area contributed by atoms with Crippen LogP contribution in [-0.2, 0) is 14.3 Å². The highest BCUT2D eigenvalue weighted by Crippen LogP contribution is 2.44. The molecule has 0 bridgehead atoms. The summed E-state index contributed by atoms with van der Waals surface area (Å²) >= 11 is 0. The van der Waals surface area contributed by atoms with Crippen LogP contribution in [0.15, 0.2) is 48.5 Å². The number of hydrogen-bond acceptors (Lipinski definition) is 4. The van der Waals surface area contributed by atoms with Gasteiger partial charge in [0.05, 0.1) is 6.54 Å². The van der Waals surface area contributed by atoms with E-state index in [4.69, 9.17) is 9.84 Å². The first-order valence-corrected chi connectivity index (χ1v) is 9.21. The van der Waals surface area contributed by atoms with Gasteiger partial charge in [0, 0.05) is 5.92 Å². The van der Waals surface area contributed by atoms with Crippen LogP contribution in [0.4, 0.5) is 13.6 Å². The van der Waals surface area contributed by atoms with Crippen LogP contribution < -0.4 is 10.6 Å². The Kier molecular flexibility index (Phi) is 6.00. The summed E-state index contributed by atoms with van der Waals surface area (Å²) in [6, 6.07) is 14.4. The zero-order valence-corrected chi connectivity index (χ0v) is 16.0. The highest BCUT2D eigenvalue weighted by Gasteiger charge is 2.39. The van der Waals surface area contributed by atoms with E-state index in [1.54, 1.807) is 5.32 Å². The molecule has 0 saturated heterocycles. The predicted octanol–water partition coefficient (Wildman–Crippen LogP) is 2.75. The first kappa shape index (κ1) is 21.2. The first-order valence-electron chi connectivity index (χ1n) is 9.21. The molecule has 0 radical (unpaired) electrons. The van der Waals surface area contributed by atoms with Gasteiger partial charge >= 0.3 is 18.0 Å². The Morgan fingerprint density at radius 2 is 1.60 bits per heavy atom. The van der Waals surface area contributed by atoms with Crippen molar-refractivity contribution in [3.63, 3.8) is 0 Å². The van der Waals surface area contributed by atoms with Crippen LogP contribution in [0.5, 0.6) is 0 Å². The Bertz CT molecular complexity index is 934. The van der Waals surface area contributed by atoms with E-state index < -0.39 is 36.5 Å². The molecule has 3 rings (SSSR count). The highest BCUT2D eigenvalue weighted by molar-refractivity contribution is 5.86. The van der Waals surface area contributed by atoms with E-state index in [2.05, 4.69) is 5.32 Å². The largest absolute Gasteiger partial charge is 0.477 e. The molecule has 0 spiro atoms. The molecule has 1 unspecified atom stereocenters. The summed E-state index contributed by atoms with van der Waals surface area (Å²) in [6.07, 6.45) is -0.885. The standard InChI is InChI=1S/C21H20F2N2O5/c1-12(18(26)24-11-21(22,23)19(27)28)25-20(29)30-10-17-15-8-4-2-6-13(15)14-7-3-5-9-16(14)17/h2-9,12,17H,10-11H2,1H3,(H,24,26)(H,25,29)(H,27,28). The lowest BCUT2D eigenvalue weighted by atomic mass is 9.98. The lowest BCUT2D eigenvalue weighted by Crippen LogP contribution is -2.49. The molecule has 2 aromatic rings. The third-order valence-electron chi connectivity index (χ3n) is 4.87. The van der Waals surface area contributed by atoms with Crippen LogP contribution in [-0.4, -0.2) is 48.2 Å². The number of alkyl halides is 2. The fourth-order valence-corrected chi connectivity index (χ4v) is 3.31. The Hall–Kier alpha value is -3.49. The average Bonchev–Trinajstić information content (AvgIpc) is 3.04. The van der Waals surface area contributed by atoms with Gasteiger partial charge in [-0.3, -0.25) is 4.79 Å². The minimum absolute atomic E-state index is 0.0330. The molecule has 1 aliphatic carbocycles. The fraction of sp³-hybridized carbons (Fsp3) is 0.286. The summed E-state index contributed by atoms with van der Waals surface area (Å²) in [6.45, 7) is -0.0706. The van der Waals surface area contributed by atoms with Gasteiger partial charge in [-0.1, -0.05) is 48.5 Å². The fourth-order valence-electron chi connectivity index (χ4n) is 3.31. The summed E-state index contributed by atoms with van der Waals surface area (Å²) < 4.78 is 31.4. The van der Waals surface area contributed by atoms with Crippen molar-refractivity contribution in [3.8, 4) is 11.1 Å². The molecule has 2 amide bonds. The predicted molar refractivity (Wildman–Crippen MR) is 103 cm³/mol. The summed E-state index contributed by atoms with van der Waals surface area (Å²) in [5.74, 6) is -7.56. The monoisotopic (exact) mass is 418 g/mol. The Balaban J connectivity index is 1.56. The quantitative estimate of drug-likeness (QED) is 0.641. The number of carboxylic acid groups (broad SMARTS) is 1. The maximum absolute atomic E-state index is 13.0. The van der Waals surface area contributed by atoms with Crippen molar-refractivity contribution in [2.24, 2.45) is 0 Å². The molecule has 2 aromatic carbocycles. The van der Waals surface area contributed by atoms with Gasteiger partial charge in [-0.15, -0.1) is 0 Å². The summed E-state index contributed by atoms with van der Waals surface area (Å²) in [5.41, 5.74) is 4.17. The van der Waals surface area contributed by atoms with Gasteiger partial charge in [0.15, 0.2) is 0 Å². The topological polar surface area (TPSA) is 105 Å². The molecule has 0 fully saturated rings. The molecule has 9 heteroatoms. The van der Waals surface area contributed by atoms with E-state index in [9.17, 15) is 23.2 Å². The number of amides is 2. The zero-order valence-electron chi connectivity index (χ0n) is 16.0. The molecule has 1 atom stereocenters. The maximum Gasteiger partial charge on any atom is 0.407 e. The smallest absolute Gasteiger partial charge is 0.407 e. The number of ether oxygens (including phenoxy) is 1. The molecule has 0 aromatic heterocycles. The van der Waals surface area contributed by atoms with Crippen LogP contribution >= 0.6 is 0 Å². The second-order valence-electron chi connectivity index (χ2n) is 6.92. The third-order valence-corrected chi connectivity index (χ3v) is 4.87. The van der Waals surface area contributed by atoms with E-state index in [0.717, 1.165) is 22.3 Å². The second-order valence-corrected chi connectivity index (χ2v) is 6.92. The van der Waals surface area contributed by atoms with Gasteiger partial charge in [0.1, 0.15) is 12.6 Å². The van der Waals surface area contributed by atoms with E-state index in [1.807, 2.05) is 48.5 Å². The van der Waals surface area contributed by atoms with Crippen molar-refractivity contribution < 1.29 is 33.0 Å². The number of nitrogens with one attached hydrogen (secondary N) is 2. The molecular formula is C21H20F2N2O5. The van der Waals surface area contributed by atoms with Crippen molar-refractivity contribution in [3.05, 3.63) is 59.7 Å².